The maximum atomic E-state index is 6.48. The second-order valence-electron chi connectivity index (χ2n) is 12.0. The van der Waals surface area contributed by atoms with Crippen molar-refractivity contribution in [3.63, 3.8) is 0 Å². The van der Waals surface area contributed by atoms with Crippen LogP contribution in [0.3, 0.4) is 0 Å². The van der Waals surface area contributed by atoms with Gasteiger partial charge in [-0.2, -0.15) is 0 Å². The van der Waals surface area contributed by atoms with Gasteiger partial charge in [-0.15, -0.1) is 0 Å². The Morgan fingerprint density at radius 2 is 1.31 bits per heavy atom. The van der Waals surface area contributed by atoms with Crippen LogP contribution < -0.4 is 10.6 Å². The molecule has 0 unspecified atom stereocenters. The molecule has 0 saturated carbocycles. The number of nitrogens with zero attached hydrogens (tertiary/aromatic N) is 1. The van der Waals surface area contributed by atoms with Crippen LogP contribution in [0.5, 0.6) is 0 Å². The Hall–Kier alpha value is -5.60. The molecule has 0 spiro atoms. The molecule has 1 aliphatic rings. The first-order valence-corrected chi connectivity index (χ1v) is 15.7. The lowest BCUT2D eigenvalue weighted by molar-refractivity contribution is 0.516. The van der Waals surface area contributed by atoms with Gasteiger partial charge in [-0.25, -0.2) is 0 Å². The third kappa shape index (κ3) is 3.76. The van der Waals surface area contributed by atoms with Gasteiger partial charge in [0.25, 0.3) is 0 Å². The standard InChI is InChI=1S/C43H31NO/c1-3-12-42-29(4-2)37-19-11-18-30(43(37)45-42)27-21-24-41-39(25-27)36-17-9-10-20-40(36)44(41)28-22-23-35-33-15-6-5-13-31(33)32-14-7-8-16-34(32)38(35)26-28/h3-10,12-17,19-26H,2,11,18H2,1H3. The molecule has 214 valence electrons. The Morgan fingerprint density at radius 3 is 2.02 bits per heavy atom. The zero-order chi connectivity index (χ0) is 30.1. The molecule has 2 aromatic heterocycles. The molecule has 0 saturated heterocycles. The number of aromatic nitrogens is 1. The van der Waals surface area contributed by atoms with Crippen LogP contribution in [0.25, 0.3) is 83.6 Å². The smallest absolute Gasteiger partial charge is 0.138 e. The molecule has 8 aromatic rings. The lowest BCUT2D eigenvalue weighted by atomic mass is 9.94. The van der Waals surface area contributed by atoms with Crippen molar-refractivity contribution in [3.05, 3.63) is 149 Å². The van der Waals surface area contributed by atoms with E-state index in [1.54, 1.807) is 0 Å². The van der Waals surface area contributed by atoms with E-state index in [0.717, 1.165) is 34.8 Å². The van der Waals surface area contributed by atoms with Crippen LogP contribution in [0.1, 0.15) is 36.7 Å². The average molecular weight is 578 g/mol. The first kappa shape index (κ1) is 25.9. The Kier molecular flexibility index (Phi) is 5.73. The number of hydrogen-bond acceptors (Lipinski definition) is 1. The maximum Gasteiger partial charge on any atom is 0.138 e. The van der Waals surface area contributed by atoms with E-state index in [1.165, 1.54) is 70.9 Å². The monoisotopic (exact) mass is 577 g/mol. The Bertz CT molecular complexity index is 2640. The molecule has 0 atom stereocenters. The highest BCUT2D eigenvalue weighted by Gasteiger charge is 2.19. The van der Waals surface area contributed by atoms with Crippen molar-refractivity contribution in [3.8, 4) is 5.69 Å². The van der Waals surface area contributed by atoms with Crippen molar-refractivity contribution >= 4 is 77.9 Å². The van der Waals surface area contributed by atoms with Gasteiger partial charge in [0.05, 0.1) is 11.0 Å². The van der Waals surface area contributed by atoms with E-state index in [4.69, 9.17) is 4.42 Å². The van der Waals surface area contributed by atoms with Crippen LogP contribution in [0.2, 0.25) is 0 Å². The summed E-state index contributed by atoms with van der Waals surface area (Å²) in [6.45, 7) is 6.10. The maximum absolute atomic E-state index is 6.48. The molecule has 0 aliphatic heterocycles. The fraction of sp³-hybridized carbons (Fsp3) is 0.0698. The van der Waals surface area contributed by atoms with E-state index < -0.39 is 0 Å². The molecule has 2 nitrogen and oxygen atoms in total. The molecule has 0 amide bonds. The largest absolute Gasteiger partial charge is 0.456 e. The highest BCUT2D eigenvalue weighted by molar-refractivity contribution is 6.25. The van der Waals surface area contributed by atoms with Gasteiger partial charge in [-0.3, -0.25) is 0 Å². The summed E-state index contributed by atoms with van der Waals surface area (Å²) in [6, 6.07) is 40.2. The molecule has 0 radical (unpaired) electrons. The van der Waals surface area contributed by atoms with Crippen LogP contribution in [0.15, 0.2) is 126 Å². The fourth-order valence-corrected chi connectivity index (χ4v) is 7.61. The summed E-state index contributed by atoms with van der Waals surface area (Å²) >= 11 is 0. The van der Waals surface area contributed by atoms with E-state index >= 15 is 0 Å². The number of rotatable bonds is 4. The molecule has 2 heteroatoms. The Labute approximate surface area is 261 Å². The van der Waals surface area contributed by atoms with Gasteiger partial charge in [0.2, 0.25) is 0 Å². The lowest BCUT2D eigenvalue weighted by Gasteiger charge is -2.14. The second kappa shape index (κ2) is 9.97. The average Bonchev–Trinajstić information content (AvgIpc) is 3.63. The van der Waals surface area contributed by atoms with Crippen molar-refractivity contribution in [2.75, 3.05) is 0 Å². The topological polar surface area (TPSA) is 18.1 Å². The fourth-order valence-electron chi connectivity index (χ4n) is 7.61. The predicted octanol–water partition coefficient (Wildman–Crippen LogP) is 10.3. The van der Waals surface area contributed by atoms with Gasteiger partial charge in [0.15, 0.2) is 0 Å². The third-order valence-electron chi connectivity index (χ3n) is 9.56. The van der Waals surface area contributed by atoms with Crippen LogP contribution >= 0.6 is 0 Å². The summed E-state index contributed by atoms with van der Waals surface area (Å²) in [7, 11) is 0. The van der Waals surface area contributed by atoms with Gasteiger partial charge in [-0.1, -0.05) is 104 Å². The third-order valence-corrected chi connectivity index (χ3v) is 9.56. The second-order valence-corrected chi connectivity index (χ2v) is 12.0. The molecule has 0 fully saturated rings. The van der Waals surface area contributed by atoms with Gasteiger partial charge < -0.3 is 8.98 Å². The van der Waals surface area contributed by atoms with E-state index in [0.29, 0.717) is 0 Å². The number of benzene rings is 6. The molecule has 2 heterocycles. The number of allylic oxidation sites excluding steroid dienone is 1. The number of fused-ring (bicyclic) bond motifs is 10. The summed E-state index contributed by atoms with van der Waals surface area (Å²) < 4.78 is 8.91. The first-order chi connectivity index (χ1) is 22.2. The highest BCUT2D eigenvalue weighted by Crippen LogP contribution is 2.39. The molecule has 9 rings (SSSR count). The van der Waals surface area contributed by atoms with Crippen molar-refractivity contribution in [1.82, 2.24) is 4.57 Å². The molecular formula is C43H31NO. The molecule has 6 aromatic carbocycles. The van der Waals surface area contributed by atoms with Crippen LogP contribution in [0, 0.1) is 0 Å². The van der Waals surface area contributed by atoms with Gasteiger partial charge in [-0.05, 0) is 94.1 Å². The van der Waals surface area contributed by atoms with Crippen LogP contribution in [0.4, 0.5) is 0 Å². The van der Waals surface area contributed by atoms with E-state index in [2.05, 4.69) is 126 Å². The number of hydrogen-bond donors (Lipinski definition) is 0. The number of furan rings is 1. The summed E-state index contributed by atoms with van der Waals surface area (Å²) in [6.07, 6.45) is 10.2. The van der Waals surface area contributed by atoms with Gasteiger partial charge in [0, 0.05) is 32.8 Å². The minimum absolute atomic E-state index is 0.877. The van der Waals surface area contributed by atoms with Gasteiger partial charge >= 0.3 is 0 Å². The summed E-state index contributed by atoms with van der Waals surface area (Å²) in [5.41, 5.74) is 8.10. The normalized spacial score (nSPS) is 13.4. The van der Waals surface area contributed by atoms with Crippen molar-refractivity contribution in [2.24, 2.45) is 0 Å². The van der Waals surface area contributed by atoms with Crippen molar-refractivity contribution < 1.29 is 4.42 Å². The summed E-state index contributed by atoms with van der Waals surface area (Å²) in [5, 5.41) is 11.4. The quantitative estimate of drug-likeness (QED) is 0.190. The lowest BCUT2D eigenvalue weighted by Crippen LogP contribution is -2.27. The molecule has 1 aliphatic carbocycles. The molecule has 0 bridgehead atoms. The van der Waals surface area contributed by atoms with Crippen LogP contribution in [-0.4, -0.2) is 4.57 Å². The SMILES string of the molecule is C=Cc1c(C=CC)oc2c1=CCCC=2c1ccc2c(c1)c1ccccc1n2-c1ccc2c3ccccc3c3ccccc3c2c1. The van der Waals surface area contributed by atoms with E-state index in [9.17, 15) is 0 Å². The molecule has 0 N–H and O–H groups in total. The Morgan fingerprint density at radius 1 is 0.667 bits per heavy atom. The molecular weight excluding hydrogens is 546 g/mol. The first-order valence-electron chi connectivity index (χ1n) is 15.7. The summed E-state index contributed by atoms with van der Waals surface area (Å²) in [4.78, 5) is 0. The number of para-hydroxylation sites is 1. The zero-order valence-corrected chi connectivity index (χ0v) is 25.2. The van der Waals surface area contributed by atoms with Gasteiger partial charge in [0.1, 0.15) is 11.2 Å². The highest BCUT2D eigenvalue weighted by atomic mass is 16.3. The van der Waals surface area contributed by atoms with Crippen LogP contribution in [-0.2, 0) is 0 Å². The van der Waals surface area contributed by atoms with Crippen molar-refractivity contribution in [2.45, 2.75) is 19.8 Å². The van der Waals surface area contributed by atoms with E-state index in [-0.39, 0.29) is 0 Å². The predicted molar refractivity (Wildman–Crippen MR) is 192 cm³/mol. The molecule has 45 heavy (non-hydrogen) atoms. The zero-order valence-electron chi connectivity index (χ0n) is 25.2. The minimum Gasteiger partial charge on any atom is -0.456 e. The van der Waals surface area contributed by atoms with Crippen molar-refractivity contribution in [1.29, 1.82) is 0 Å². The minimum atomic E-state index is 0.877. The van der Waals surface area contributed by atoms with E-state index in [1.807, 2.05) is 25.2 Å². The summed E-state index contributed by atoms with van der Waals surface area (Å²) in [5.74, 6) is 0.877. The Balaban J connectivity index is 1.31.